The molecule has 20 heavy (non-hydrogen) atoms. The second-order valence-corrected chi connectivity index (χ2v) is 6.22. The third kappa shape index (κ3) is 3.87. The highest BCUT2D eigenvalue weighted by molar-refractivity contribution is 9.10. The predicted molar refractivity (Wildman–Crippen MR) is 82.3 cm³/mol. The van der Waals surface area contributed by atoms with Crippen molar-refractivity contribution < 1.29 is 14.6 Å². The van der Waals surface area contributed by atoms with Gasteiger partial charge in [-0.25, -0.2) is 0 Å². The summed E-state index contributed by atoms with van der Waals surface area (Å²) in [5.41, 5.74) is 1.11. The minimum absolute atomic E-state index is 0.102. The van der Waals surface area contributed by atoms with Gasteiger partial charge in [-0.3, -0.25) is 0 Å². The van der Waals surface area contributed by atoms with Crippen molar-refractivity contribution in [2.75, 3.05) is 19.8 Å². The first-order chi connectivity index (χ1) is 9.61. The first-order valence-corrected chi connectivity index (χ1v) is 7.83. The Bertz CT molecular complexity index is 451. The molecule has 1 aliphatic rings. The third-order valence-electron chi connectivity index (χ3n) is 3.43. The number of aliphatic hydroxyl groups is 1. The number of fused-ring (bicyclic) bond motifs is 1. The van der Waals surface area contributed by atoms with E-state index in [-0.39, 0.29) is 12.6 Å². The Labute approximate surface area is 128 Å². The lowest BCUT2D eigenvalue weighted by atomic mass is 10.0. The van der Waals surface area contributed by atoms with E-state index in [4.69, 9.17) is 9.47 Å². The number of benzene rings is 1. The van der Waals surface area contributed by atoms with Crippen LogP contribution in [0.4, 0.5) is 0 Å². The van der Waals surface area contributed by atoms with E-state index in [2.05, 4.69) is 35.1 Å². The number of ether oxygens (including phenoxy) is 2. The van der Waals surface area contributed by atoms with Crippen LogP contribution in [-0.2, 0) is 6.54 Å². The molecule has 1 heterocycles. The van der Waals surface area contributed by atoms with Gasteiger partial charge in [0.15, 0.2) is 11.5 Å². The molecule has 1 unspecified atom stereocenters. The van der Waals surface area contributed by atoms with E-state index < -0.39 is 0 Å². The van der Waals surface area contributed by atoms with E-state index in [0.29, 0.717) is 25.7 Å². The summed E-state index contributed by atoms with van der Waals surface area (Å²) in [7, 11) is 0. The van der Waals surface area contributed by atoms with Gasteiger partial charge < -0.3 is 19.9 Å². The maximum atomic E-state index is 9.34. The summed E-state index contributed by atoms with van der Waals surface area (Å²) in [6, 6.07) is 4.15. The molecule has 0 amide bonds. The SMILES string of the molecule is CC(C)C(CO)NCc1cc(Br)c2c(c1)OCCCO2. The fourth-order valence-corrected chi connectivity index (χ4v) is 2.75. The fraction of sp³-hybridized carbons (Fsp3) is 0.600. The van der Waals surface area contributed by atoms with Crippen LogP contribution in [0.25, 0.3) is 0 Å². The molecule has 4 nitrogen and oxygen atoms in total. The number of aliphatic hydroxyl groups excluding tert-OH is 1. The maximum absolute atomic E-state index is 9.34. The normalized spacial score (nSPS) is 16.1. The molecular formula is C15H22BrNO3. The molecule has 2 N–H and O–H groups in total. The molecule has 0 saturated heterocycles. The molecule has 2 rings (SSSR count). The Morgan fingerprint density at radius 1 is 1.30 bits per heavy atom. The fourth-order valence-electron chi connectivity index (χ4n) is 2.15. The van der Waals surface area contributed by atoms with Gasteiger partial charge in [0.25, 0.3) is 0 Å². The first kappa shape index (κ1) is 15.6. The summed E-state index contributed by atoms with van der Waals surface area (Å²) in [4.78, 5) is 0. The third-order valence-corrected chi connectivity index (χ3v) is 4.02. The summed E-state index contributed by atoms with van der Waals surface area (Å²) in [6.07, 6.45) is 0.897. The van der Waals surface area contributed by atoms with Gasteiger partial charge in [0.1, 0.15) is 0 Å². The second kappa shape index (κ2) is 7.29. The van der Waals surface area contributed by atoms with Crippen LogP contribution in [0.5, 0.6) is 11.5 Å². The van der Waals surface area contributed by atoms with E-state index >= 15 is 0 Å². The van der Waals surface area contributed by atoms with Gasteiger partial charge in [-0.1, -0.05) is 13.8 Å². The largest absolute Gasteiger partial charge is 0.490 e. The number of hydrogen-bond donors (Lipinski definition) is 2. The van der Waals surface area contributed by atoms with E-state index in [0.717, 1.165) is 28.0 Å². The van der Waals surface area contributed by atoms with Crippen LogP contribution in [0.2, 0.25) is 0 Å². The minimum atomic E-state index is 0.102. The standard InChI is InChI=1S/C15H22BrNO3/c1-10(2)13(9-18)17-8-11-6-12(16)15-14(7-11)19-4-3-5-20-15/h6-7,10,13,17-18H,3-5,8-9H2,1-2H3. The Morgan fingerprint density at radius 2 is 2.05 bits per heavy atom. The lowest BCUT2D eigenvalue weighted by molar-refractivity contribution is 0.210. The van der Waals surface area contributed by atoms with Crippen molar-refractivity contribution >= 4 is 15.9 Å². The molecule has 0 aromatic heterocycles. The molecule has 1 aliphatic heterocycles. The first-order valence-electron chi connectivity index (χ1n) is 7.04. The minimum Gasteiger partial charge on any atom is -0.490 e. The molecular weight excluding hydrogens is 322 g/mol. The van der Waals surface area contributed by atoms with Crippen LogP contribution in [0.1, 0.15) is 25.8 Å². The highest BCUT2D eigenvalue weighted by Gasteiger charge is 2.16. The average molecular weight is 344 g/mol. The molecule has 0 radical (unpaired) electrons. The molecule has 1 atom stereocenters. The van der Waals surface area contributed by atoms with Gasteiger partial charge >= 0.3 is 0 Å². The zero-order valence-corrected chi connectivity index (χ0v) is 13.6. The van der Waals surface area contributed by atoms with Gasteiger partial charge in [0.2, 0.25) is 0 Å². The van der Waals surface area contributed by atoms with Gasteiger partial charge in [-0.05, 0) is 39.5 Å². The van der Waals surface area contributed by atoms with E-state index in [9.17, 15) is 5.11 Å². The summed E-state index contributed by atoms with van der Waals surface area (Å²) in [5.74, 6) is 1.97. The van der Waals surface area contributed by atoms with Gasteiger partial charge in [-0.2, -0.15) is 0 Å². The van der Waals surface area contributed by atoms with Crippen molar-refractivity contribution in [1.29, 1.82) is 0 Å². The Morgan fingerprint density at radius 3 is 2.75 bits per heavy atom. The van der Waals surface area contributed by atoms with Crippen LogP contribution >= 0.6 is 15.9 Å². The predicted octanol–water partition coefficient (Wildman–Crippen LogP) is 2.72. The molecule has 0 saturated carbocycles. The number of rotatable bonds is 5. The van der Waals surface area contributed by atoms with Crippen molar-refractivity contribution in [2.45, 2.75) is 32.9 Å². The van der Waals surface area contributed by atoms with Crippen molar-refractivity contribution in [1.82, 2.24) is 5.32 Å². The van der Waals surface area contributed by atoms with Gasteiger partial charge in [0.05, 0.1) is 24.3 Å². The second-order valence-electron chi connectivity index (χ2n) is 5.37. The summed E-state index contributed by atoms with van der Waals surface area (Å²) >= 11 is 3.54. The molecule has 0 aliphatic carbocycles. The molecule has 0 bridgehead atoms. The van der Waals surface area contributed by atoms with Crippen LogP contribution in [0.3, 0.4) is 0 Å². The zero-order chi connectivity index (χ0) is 14.5. The van der Waals surface area contributed by atoms with E-state index in [1.54, 1.807) is 0 Å². The number of halogens is 1. The highest BCUT2D eigenvalue weighted by Crippen LogP contribution is 2.38. The van der Waals surface area contributed by atoms with Gasteiger partial charge in [0, 0.05) is 19.0 Å². The average Bonchev–Trinajstić information content (AvgIpc) is 2.64. The molecule has 0 spiro atoms. The molecule has 1 aromatic carbocycles. The van der Waals surface area contributed by atoms with Crippen molar-refractivity contribution in [3.8, 4) is 11.5 Å². The maximum Gasteiger partial charge on any atom is 0.175 e. The zero-order valence-electron chi connectivity index (χ0n) is 12.0. The molecule has 5 heteroatoms. The van der Waals surface area contributed by atoms with Gasteiger partial charge in [-0.15, -0.1) is 0 Å². The van der Waals surface area contributed by atoms with Crippen LogP contribution in [0.15, 0.2) is 16.6 Å². The summed E-state index contributed by atoms with van der Waals surface area (Å²) in [5, 5.41) is 12.7. The van der Waals surface area contributed by atoms with E-state index in [1.807, 2.05) is 12.1 Å². The lowest BCUT2D eigenvalue weighted by Crippen LogP contribution is -2.36. The summed E-state index contributed by atoms with van der Waals surface area (Å²) < 4.78 is 12.3. The molecule has 1 aromatic rings. The Kier molecular flexibility index (Phi) is 5.69. The summed E-state index contributed by atoms with van der Waals surface area (Å²) in [6.45, 7) is 6.39. The lowest BCUT2D eigenvalue weighted by Gasteiger charge is -2.20. The van der Waals surface area contributed by atoms with Crippen LogP contribution in [0, 0.1) is 5.92 Å². The van der Waals surface area contributed by atoms with Crippen molar-refractivity contribution in [3.05, 3.63) is 22.2 Å². The number of nitrogens with one attached hydrogen (secondary N) is 1. The Hall–Kier alpha value is -0.780. The van der Waals surface area contributed by atoms with Crippen LogP contribution < -0.4 is 14.8 Å². The van der Waals surface area contributed by atoms with Crippen molar-refractivity contribution in [2.24, 2.45) is 5.92 Å². The highest BCUT2D eigenvalue weighted by atomic mass is 79.9. The molecule has 112 valence electrons. The Balaban J connectivity index is 2.09. The van der Waals surface area contributed by atoms with Crippen molar-refractivity contribution in [3.63, 3.8) is 0 Å². The molecule has 0 fully saturated rings. The quantitative estimate of drug-likeness (QED) is 0.862. The van der Waals surface area contributed by atoms with E-state index in [1.165, 1.54) is 0 Å². The number of hydrogen-bond acceptors (Lipinski definition) is 4. The smallest absolute Gasteiger partial charge is 0.175 e. The topological polar surface area (TPSA) is 50.7 Å². The monoisotopic (exact) mass is 343 g/mol. The van der Waals surface area contributed by atoms with Crippen LogP contribution in [-0.4, -0.2) is 31.0 Å².